The molecule has 0 aliphatic rings. The average molecular weight is 228 g/mol. The molecule has 5 nitrogen and oxygen atoms in total. The van der Waals surface area contributed by atoms with Gasteiger partial charge in [0, 0.05) is 24.7 Å². The second kappa shape index (κ2) is 5.53. The largest absolute Gasteiger partial charge is 0.395 e. The van der Waals surface area contributed by atoms with Crippen LogP contribution in [0.1, 0.15) is 5.56 Å². The molecule has 1 aromatic rings. The second-order valence-corrected chi connectivity index (χ2v) is 3.47. The number of benzene rings is 1. The van der Waals surface area contributed by atoms with Gasteiger partial charge in [0.15, 0.2) is 0 Å². The molecular weight excluding hydrogens is 215 g/mol. The van der Waals surface area contributed by atoms with Gasteiger partial charge in [-0.1, -0.05) is 12.1 Å². The summed E-state index contributed by atoms with van der Waals surface area (Å²) in [4.78, 5) is 11.4. The number of nitro groups is 1. The lowest BCUT2D eigenvalue weighted by molar-refractivity contribution is -0.387. The maximum atomic E-state index is 13.6. The Kier molecular flexibility index (Phi) is 4.33. The molecule has 0 radical (unpaired) electrons. The van der Waals surface area contributed by atoms with Crippen molar-refractivity contribution in [3.63, 3.8) is 0 Å². The molecule has 0 aromatic heterocycles. The number of nitro benzene ring substituents is 1. The Morgan fingerprint density at radius 1 is 1.56 bits per heavy atom. The molecule has 0 spiro atoms. The first-order valence-corrected chi connectivity index (χ1v) is 4.77. The van der Waals surface area contributed by atoms with Crippen LogP contribution in [0.2, 0.25) is 0 Å². The molecule has 0 heterocycles. The standard InChI is InChI=1S/C10H13FN2O3/c1-12(5-6-14)7-8-3-2-4-9(10(8)11)13(15)16/h2-4,14H,5-7H2,1H3. The highest BCUT2D eigenvalue weighted by atomic mass is 19.1. The molecule has 16 heavy (non-hydrogen) atoms. The van der Waals surface area contributed by atoms with Gasteiger partial charge < -0.3 is 5.11 Å². The Morgan fingerprint density at radius 3 is 2.81 bits per heavy atom. The van der Waals surface area contributed by atoms with Crippen LogP contribution in [0.5, 0.6) is 0 Å². The lowest BCUT2D eigenvalue weighted by Crippen LogP contribution is -2.22. The van der Waals surface area contributed by atoms with E-state index >= 15 is 0 Å². The van der Waals surface area contributed by atoms with Gasteiger partial charge in [-0.2, -0.15) is 4.39 Å². The summed E-state index contributed by atoms with van der Waals surface area (Å²) in [6.07, 6.45) is 0. The summed E-state index contributed by atoms with van der Waals surface area (Å²) >= 11 is 0. The number of aliphatic hydroxyl groups is 1. The summed E-state index contributed by atoms with van der Waals surface area (Å²) < 4.78 is 13.6. The van der Waals surface area contributed by atoms with Crippen molar-refractivity contribution < 1.29 is 14.4 Å². The highest BCUT2D eigenvalue weighted by Crippen LogP contribution is 2.20. The smallest absolute Gasteiger partial charge is 0.305 e. The molecule has 1 rings (SSSR count). The van der Waals surface area contributed by atoms with E-state index in [9.17, 15) is 14.5 Å². The van der Waals surface area contributed by atoms with Crippen molar-refractivity contribution in [2.24, 2.45) is 0 Å². The monoisotopic (exact) mass is 228 g/mol. The van der Waals surface area contributed by atoms with E-state index in [1.54, 1.807) is 11.9 Å². The highest BCUT2D eigenvalue weighted by Gasteiger charge is 2.17. The molecule has 1 aromatic carbocycles. The molecule has 0 aliphatic carbocycles. The molecule has 1 N–H and O–H groups in total. The van der Waals surface area contributed by atoms with E-state index in [2.05, 4.69) is 0 Å². The summed E-state index contributed by atoms with van der Waals surface area (Å²) in [5.74, 6) is -0.808. The van der Waals surface area contributed by atoms with Crippen molar-refractivity contribution in [2.45, 2.75) is 6.54 Å². The fourth-order valence-corrected chi connectivity index (χ4v) is 1.37. The van der Waals surface area contributed by atoms with Gasteiger partial charge in [-0.3, -0.25) is 15.0 Å². The maximum absolute atomic E-state index is 13.6. The zero-order valence-corrected chi connectivity index (χ0v) is 8.89. The number of aliphatic hydroxyl groups excluding tert-OH is 1. The topological polar surface area (TPSA) is 66.6 Å². The third-order valence-corrected chi connectivity index (χ3v) is 2.18. The zero-order chi connectivity index (χ0) is 12.1. The first kappa shape index (κ1) is 12.5. The molecule has 0 saturated heterocycles. The molecule has 88 valence electrons. The minimum atomic E-state index is -0.808. The lowest BCUT2D eigenvalue weighted by Gasteiger charge is -2.15. The Hall–Kier alpha value is -1.53. The maximum Gasteiger partial charge on any atom is 0.305 e. The molecule has 0 amide bonds. The molecule has 0 atom stereocenters. The Bertz CT molecular complexity index is 384. The second-order valence-electron chi connectivity index (χ2n) is 3.47. The fourth-order valence-electron chi connectivity index (χ4n) is 1.37. The molecule has 0 bridgehead atoms. The Morgan fingerprint density at radius 2 is 2.25 bits per heavy atom. The number of hydrogen-bond acceptors (Lipinski definition) is 4. The normalized spacial score (nSPS) is 10.8. The SMILES string of the molecule is CN(CCO)Cc1cccc([N+](=O)[O-])c1F. The van der Waals surface area contributed by atoms with Crippen LogP contribution in [-0.2, 0) is 6.54 Å². The molecule has 6 heteroatoms. The zero-order valence-electron chi connectivity index (χ0n) is 8.89. The van der Waals surface area contributed by atoms with Crippen LogP contribution in [-0.4, -0.2) is 35.1 Å². The van der Waals surface area contributed by atoms with Crippen molar-refractivity contribution in [1.29, 1.82) is 0 Å². The number of nitrogens with zero attached hydrogens (tertiary/aromatic N) is 2. The number of likely N-dealkylation sites (N-methyl/N-ethyl adjacent to an activating group) is 1. The molecular formula is C10H13FN2O3. The third-order valence-electron chi connectivity index (χ3n) is 2.18. The van der Waals surface area contributed by atoms with E-state index in [0.717, 1.165) is 6.07 Å². The predicted molar refractivity (Wildman–Crippen MR) is 56.5 cm³/mol. The quantitative estimate of drug-likeness (QED) is 0.606. The van der Waals surface area contributed by atoms with Gasteiger partial charge in [0.25, 0.3) is 0 Å². The van der Waals surface area contributed by atoms with Crippen LogP contribution in [0.15, 0.2) is 18.2 Å². The van der Waals surface area contributed by atoms with Gasteiger partial charge in [-0.15, -0.1) is 0 Å². The molecule has 0 aliphatic heterocycles. The third kappa shape index (κ3) is 2.98. The lowest BCUT2D eigenvalue weighted by atomic mass is 10.1. The minimum absolute atomic E-state index is 0.0347. The van der Waals surface area contributed by atoms with Crippen molar-refractivity contribution in [3.05, 3.63) is 39.7 Å². The Balaban J connectivity index is 2.89. The van der Waals surface area contributed by atoms with Crippen molar-refractivity contribution in [2.75, 3.05) is 20.2 Å². The van der Waals surface area contributed by atoms with E-state index in [1.165, 1.54) is 12.1 Å². The number of rotatable bonds is 5. The van der Waals surface area contributed by atoms with Crippen LogP contribution in [0.25, 0.3) is 0 Å². The van der Waals surface area contributed by atoms with Gasteiger partial charge in [-0.05, 0) is 7.05 Å². The fraction of sp³-hybridized carbons (Fsp3) is 0.400. The minimum Gasteiger partial charge on any atom is -0.395 e. The van der Waals surface area contributed by atoms with Crippen LogP contribution in [0.3, 0.4) is 0 Å². The van der Waals surface area contributed by atoms with Crippen molar-refractivity contribution in [1.82, 2.24) is 4.90 Å². The van der Waals surface area contributed by atoms with Gasteiger partial charge in [0.1, 0.15) is 0 Å². The van der Waals surface area contributed by atoms with Gasteiger partial charge in [0.2, 0.25) is 5.82 Å². The predicted octanol–water partition coefficient (Wildman–Crippen LogP) is 1.16. The van der Waals surface area contributed by atoms with Crippen LogP contribution in [0, 0.1) is 15.9 Å². The van der Waals surface area contributed by atoms with Crippen LogP contribution >= 0.6 is 0 Å². The van der Waals surface area contributed by atoms with E-state index in [0.29, 0.717) is 6.54 Å². The van der Waals surface area contributed by atoms with Crippen LogP contribution in [0.4, 0.5) is 10.1 Å². The first-order chi connectivity index (χ1) is 7.56. The van der Waals surface area contributed by atoms with E-state index < -0.39 is 16.4 Å². The summed E-state index contributed by atoms with van der Waals surface area (Å²) in [6.45, 7) is 0.587. The van der Waals surface area contributed by atoms with E-state index in [-0.39, 0.29) is 18.7 Å². The summed E-state index contributed by atoms with van der Waals surface area (Å²) in [7, 11) is 1.70. The summed E-state index contributed by atoms with van der Waals surface area (Å²) in [6, 6.07) is 4.07. The summed E-state index contributed by atoms with van der Waals surface area (Å²) in [5, 5.41) is 19.2. The van der Waals surface area contributed by atoms with Crippen molar-refractivity contribution in [3.8, 4) is 0 Å². The Labute approximate surface area is 92.3 Å². The molecule has 0 fully saturated rings. The summed E-state index contributed by atoms with van der Waals surface area (Å²) in [5.41, 5.74) is -0.264. The first-order valence-electron chi connectivity index (χ1n) is 4.77. The highest BCUT2D eigenvalue weighted by molar-refractivity contribution is 5.36. The van der Waals surface area contributed by atoms with Gasteiger partial charge in [0.05, 0.1) is 11.5 Å². The number of halogens is 1. The van der Waals surface area contributed by atoms with Crippen molar-refractivity contribution >= 4 is 5.69 Å². The average Bonchev–Trinajstić information content (AvgIpc) is 2.21. The number of hydrogen-bond donors (Lipinski definition) is 1. The molecule has 0 saturated carbocycles. The molecule has 0 unspecified atom stereocenters. The van der Waals surface area contributed by atoms with Gasteiger partial charge in [-0.25, -0.2) is 0 Å². The van der Waals surface area contributed by atoms with Gasteiger partial charge >= 0.3 is 5.69 Å². The van der Waals surface area contributed by atoms with Crippen LogP contribution < -0.4 is 0 Å². The van der Waals surface area contributed by atoms with E-state index in [4.69, 9.17) is 5.11 Å². The van der Waals surface area contributed by atoms with E-state index in [1.807, 2.05) is 0 Å².